The number of hydrogen-bond donors (Lipinski definition) is 1. The highest BCUT2D eigenvalue weighted by atomic mass is 79.9. The molecule has 0 bridgehead atoms. The minimum absolute atomic E-state index is 0.0959. The van der Waals surface area contributed by atoms with Gasteiger partial charge in [-0.25, -0.2) is 4.98 Å². The standard InChI is InChI=1S/C27H25Br2N3O3/c1-5-35-24-10-16(4)20(13-19(24)15(2)3)26-31-23-9-7-6-8-18(23)27(34)32(26)30-14-17-11-21(28)25(33)22(29)12-17/h6-15,33H,5H2,1-4H3. The third-order valence-electron chi connectivity index (χ3n) is 5.63. The van der Waals surface area contributed by atoms with E-state index < -0.39 is 0 Å². The Labute approximate surface area is 220 Å². The van der Waals surface area contributed by atoms with Crippen molar-refractivity contribution < 1.29 is 9.84 Å². The number of aromatic hydroxyl groups is 1. The molecule has 0 aliphatic carbocycles. The van der Waals surface area contributed by atoms with Gasteiger partial charge in [0.1, 0.15) is 11.5 Å². The summed E-state index contributed by atoms with van der Waals surface area (Å²) in [5, 5.41) is 15.1. The number of nitrogens with zero attached hydrogens (tertiary/aromatic N) is 3. The Hall–Kier alpha value is -2.97. The molecule has 0 radical (unpaired) electrons. The molecule has 35 heavy (non-hydrogen) atoms. The van der Waals surface area contributed by atoms with Crippen LogP contribution in [0.25, 0.3) is 22.3 Å². The van der Waals surface area contributed by atoms with Crippen LogP contribution in [0.5, 0.6) is 11.5 Å². The molecule has 0 fully saturated rings. The maximum atomic E-state index is 13.6. The molecule has 0 aliphatic heterocycles. The fourth-order valence-corrected chi connectivity index (χ4v) is 5.08. The topological polar surface area (TPSA) is 76.7 Å². The van der Waals surface area contributed by atoms with Crippen molar-refractivity contribution in [2.24, 2.45) is 5.10 Å². The highest BCUT2D eigenvalue weighted by Crippen LogP contribution is 2.35. The first-order valence-electron chi connectivity index (χ1n) is 11.2. The minimum atomic E-state index is -0.266. The Morgan fingerprint density at radius 1 is 1.14 bits per heavy atom. The quantitative estimate of drug-likeness (QED) is 0.242. The van der Waals surface area contributed by atoms with Crippen molar-refractivity contribution in [3.8, 4) is 22.9 Å². The van der Waals surface area contributed by atoms with Crippen molar-refractivity contribution in [2.75, 3.05) is 6.61 Å². The van der Waals surface area contributed by atoms with Gasteiger partial charge in [0, 0.05) is 5.56 Å². The third-order valence-corrected chi connectivity index (χ3v) is 6.84. The van der Waals surface area contributed by atoms with Crippen LogP contribution in [0, 0.1) is 6.92 Å². The number of phenolic OH excluding ortho intramolecular Hbond substituents is 1. The predicted octanol–water partition coefficient (Wildman–Crippen LogP) is 7.01. The van der Waals surface area contributed by atoms with Gasteiger partial charge < -0.3 is 9.84 Å². The van der Waals surface area contributed by atoms with Crippen LogP contribution in [0.2, 0.25) is 0 Å². The lowest BCUT2D eigenvalue weighted by Gasteiger charge is -2.18. The van der Waals surface area contributed by atoms with Crippen LogP contribution in [0.4, 0.5) is 0 Å². The van der Waals surface area contributed by atoms with E-state index >= 15 is 0 Å². The number of fused-ring (bicyclic) bond motifs is 1. The average molecular weight is 599 g/mol. The summed E-state index contributed by atoms with van der Waals surface area (Å²) >= 11 is 6.67. The van der Waals surface area contributed by atoms with Crippen LogP contribution < -0.4 is 10.3 Å². The average Bonchev–Trinajstić information content (AvgIpc) is 2.82. The van der Waals surface area contributed by atoms with Gasteiger partial charge >= 0.3 is 0 Å². The van der Waals surface area contributed by atoms with Crippen molar-refractivity contribution in [3.05, 3.63) is 84.5 Å². The van der Waals surface area contributed by atoms with Gasteiger partial charge in [0.05, 0.1) is 32.7 Å². The van der Waals surface area contributed by atoms with Gasteiger partial charge in [-0.1, -0.05) is 26.0 Å². The number of halogens is 2. The molecule has 0 atom stereocenters. The maximum Gasteiger partial charge on any atom is 0.282 e. The second-order valence-corrected chi connectivity index (χ2v) is 10.1. The van der Waals surface area contributed by atoms with Gasteiger partial charge in [0.2, 0.25) is 0 Å². The smallest absolute Gasteiger partial charge is 0.282 e. The van der Waals surface area contributed by atoms with Crippen LogP contribution in [-0.2, 0) is 0 Å². The number of aryl methyl sites for hydroxylation is 1. The summed E-state index contributed by atoms with van der Waals surface area (Å²) in [6.45, 7) is 8.73. The maximum absolute atomic E-state index is 13.6. The summed E-state index contributed by atoms with van der Waals surface area (Å²) in [4.78, 5) is 18.4. The van der Waals surface area contributed by atoms with E-state index in [4.69, 9.17) is 9.72 Å². The van der Waals surface area contributed by atoms with Crippen LogP contribution in [0.1, 0.15) is 43.4 Å². The Bertz CT molecular complexity index is 1490. The van der Waals surface area contributed by atoms with Crippen molar-refractivity contribution in [1.82, 2.24) is 9.66 Å². The first-order valence-corrected chi connectivity index (χ1v) is 12.8. The molecular weight excluding hydrogens is 574 g/mol. The zero-order valence-corrected chi connectivity index (χ0v) is 23.0. The van der Waals surface area contributed by atoms with E-state index in [2.05, 4.69) is 50.8 Å². The van der Waals surface area contributed by atoms with Gasteiger partial charge in [-0.05, 0) is 105 Å². The summed E-state index contributed by atoms with van der Waals surface area (Å²) in [6.07, 6.45) is 1.57. The molecule has 1 heterocycles. The van der Waals surface area contributed by atoms with E-state index in [0.29, 0.717) is 37.8 Å². The van der Waals surface area contributed by atoms with Gasteiger partial charge in [-0.3, -0.25) is 4.79 Å². The Morgan fingerprint density at radius 3 is 2.49 bits per heavy atom. The number of ether oxygens (including phenoxy) is 1. The summed E-state index contributed by atoms with van der Waals surface area (Å²) in [5.74, 6) is 1.59. The molecule has 1 N–H and O–H groups in total. The molecule has 3 aromatic carbocycles. The molecule has 0 saturated carbocycles. The van der Waals surface area contributed by atoms with E-state index in [0.717, 1.165) is 22.4 Å². The monoisotopic (exact) mass is 597 g/mol. The molecule has 0 saturated heterocycles. The molecule has 8 heteroatoms. The lowest BCUT2D eigenvalue weighted by Crippen LogP contribution is -2.21. The molecule has 1 aromatic heterocycles. The predicted molar refractivity (Wildman–Crippen MR) is 148 cm³/mol. The molecule has 4 aromatic rings. The second kappa shape index (κ2) is 10.3. The van der Waals surface area contributed by atoms with Gasteiger partial charge in [0.25, 0.3) is 5.56 Å². The molecule has 4 rings (SSSR count). The summed E-state index contributed by atoms with van der Waals surface area (Å²) < 4.78 is 8.25. The number of rotatable bonds is 6. The van der Waals surface area contributed by atoms with Crippen LogP contribution in [-0.4, -0.2) is 27.6 Å². The van der Waals surface area contributed by atoms with Crippen LogP contribution >= 0.6 is 31.9 Å². The van der Waals surface area contributed by atoms with Crippen LogP contribution in [0.3, 0.4) is 0 Å². The van der Waals surface area contributed by atoms with E-state index in [1.54, 1.807) is 24.4 Å². The molecule has 0 unspecified atom stereocenters. The van der Waals surface area contributed by atoms with E-state index in [1.165, 1.54) is 4.68 Å². The highest BCUT2D eigenvalue weighted by Gasteiger charge is 2.18. The Kier molecular flexibility index (Phi) is 7.42. The zero-order chi connectivity index (χ0) is 25.3. The second-order valence-electron chi connectivity index (χ2n) is 8.44. The number of phenols is 1. The lowest BCUT2D eigenvalue weighted by atomic mass is 9.96. The molecule has 0 aliphatic rings. The van der Waals surface area contributed by atoms with Crippen LogP contribution in [0.15, 0.2) is 67.4 Å². The summed E-state index contributed by atoms with van der Waals surface area (Å²) in [7, 11) is 0. The molecule has 0 amide bonds. The van der Waals surface area contributed by atoms with Crippen molar-refractivity contribution in [1.29, 1.82) is 0 Å². The third kappa shape index (κ3) is 5.04. The van der Waals surface area contributed by atoms with E-state index in [1.807, 2.05) is 44.2 Å². The van der Waals surface area contributed by atoms with E-state index in [9.17, 15) is 9.90 Å². The van der Waals surface area contributed by atoms with Gasteiger partial charge in [0.15, 0.2) is 5.82 Å². The first kappa shape index (κ1) is 25.1. The molecular formula is C27H25Br2N3O3. The fraction of sp³-hybridized carbons (Fsp3) is 0.222. The van der Waals surface area contributed by atoms with Gasteiger partial charge in [-0.15, -0.1) is 0 Å². The largest absolute Gasteiger partial charge is 0.506 e. The van der Waals surface area contributed by atoms with E-state index in [-0.39, 0.29) is 17.2 Å². The van der Waals surface area contributed by atoms with Crippen molar-refractivity contribution in [3.63, 3.8) is 0 Å². The normalized spacial score (nSPS) is 11.6. The fourth-order valence-electron chi connectivity index (χ4n) is 3.86. The SMILES string of the molecule is CCOc1cc(C)c(-c2nc3ccccc3c(=O)n2N=Cc2cc(Br)c(O)c(Br)c2)cc1C(C)C. The van der Waals surface area contributed by atoms with Crippen molar-refractivity contribution in [2.45, 2.75) is 33.6 Å². The number of aromatic nitrogens is 2. The Balaban J connectivity index is 1.98. The zero-order valence-electron chi connectivity index (χ0n) is 19.8. The summed E-state index contributed by atoms with van der Waals surface area (Å²) in [5.41, 5.74) is 3.81. The van der Waals surface area contributed by atoms with Gasteiger partial charge in [-0.2, -0.15) is 9.78 Å². The highest BCUT2D eigenvalue weighted by molar-refractivity contribution is 9.11. The van der Waals surface area contributed by atoms with Crippen molar-refractivity contribution >= 4 is 49.0 Å². The molecule has 0 spiro atoms. The lowest BCUT2D eigenvalue weighted by molar-refractivity contribution is 0.335. The first-order chi connectivity index (χ1) is 16.7. The Morgan fingerprint density at radius 2 is 1.83 bits per heavy atom. The number of para-hydroxylation sites is 1. The number of hydrogen-bond acceptors (Lipinski definition) is 5. The molecule has 6 nitrogen and oxygen atoms in total. The number of benzene rings is 3. The summed E-state index contributed by atoms with van der Waals surface area (Å²) in [6, 6.07) is 14.7. The molecule has 180 valence electrons. The minimum Gasteiger partial charge on any atom is -0.506 e.